The van der Waals surface area contributed by atoms with Crippen molar-refractivity contribution in [2.45, 2.75) is 13.8 Å². The van der Waals surface area contributed by atoms with E-state index in [4.69, 9.17) is 9.15 Å². The molecule has 0 bridgehead atoms. The molecule has 4 nitrogen and oxygen atoms in total. The van der Waals surface area contributed by atoms with Crippen LogP contribution in [0.3, 0.4) is 0 Å². The summed E-state index contributed by atoms with van der Waals surface area (Å²) in [6, 6.07) is 1.33. The zero-order valence-electron chi connectivity index (χ0n) is 8.83. The largest absolute Gasteiger partial charge is 0.496 e. The van der Waals surface area contributed by atoms with Crippen LogP contribution in [0.25, 0.3) is 11.1 Å². The van der Waals surface area contributed by atoms with Crippen LogP contribution < -0.4 is 10.4 Å². The van der Waals surface area contributed by atoms with Crippen molar-refractivity contribution < 1.29 is 9.15 Å². The summed E-state index contributed by atoms with van der Waals surface area (Å²) in [5.74, 6) is 0.509. The topological polar surface area (TPSA) is 52.3 Å². The molecule has 0 spiro atoms. The fourth-order valence-corrected chi connectivity index (χ4v) is 1.51. The lowest BCUT2D eigenvalue weighted by Gasteiger charge is -2.07. The van der Waals surface area contributed by atoms with E-state index in [1.165, 1.54) is 13.2 Å². The summed E-state index contributed by atoms with van der Waals surface area (Å²) < 4.78 is 10.1. The highest BCUT2D eigenvalue weighted by molar-refractivity contribution is 5.84. The van der Waals surface area contributed by atoms with Crippen LogP contribution in [0.2, 0.25) is 0 Å². The Bertz CT molecular complexity index is 572. The quantitative estimate of drug-likeness (QED) is 0.712. The molecule has 0 aliphatic heterocycles. The Kier molecular flexibility index (Phi) is 2.19. The van der Waals surface area contributed by atoms with E-state index in [2.05, 4.69) is 4.98 Å². The second-order valence-corrected chi connectivity index (χ2v) is 3.38. The molecule has 2 aromatic heterocycles. The minimum absolute atomic E-state index is 0.322. The summed E-state index contributed by atoms with van der Waals surface area (Å²) in [6.07, 6.45) is 1.68. The molecule has 2 heterocycles. The highest BCUT2D eigenvalue weighted by Gasteiger charge is 2.10. The lowest BCUT2D eigenvalue weighted by molar-refractivity contribution is 0.412. The monoisotopic (exact) mass is 205 g/mol. The minimum atomic E-state index is -0.449. The fraction of sp³-hybridized carbons (Fsp3) is 0.273. The highest BCUT2D eigenvalue weighted by atomic mass is 16.5. The van der Waals surface area contributed by atoms with Crippen LogP contribution in [0.5, 0.6) is 5.75 Å². The molecule has 0 amide bonds. The lowest BCUT2D eigenvalue weighted by atomic mass is 10.1. The maximum absolute atomic E-state index is 11.2. The summed E-state index contributed by atoms with van der Waals surface area (Å²) in [4.78, 5) is 15.2. The van der Waals surface area contributed by atoms with Gasteiger partial charge in [-0.15, -0.1) is 0 Å². The maximum Gasteiger partial charge on any atom is 0.341 e. The van der Waals surface area contributed by atoms with Gasteiger partial charge >= 0.3 is 5.63 Å². The van der Waals surface area contributed by atoms with Crippen LogP contribution >= 0.6 is 0 Å². The average molecular weight is 205 g/mol. The van der Waals surface area contributed by atoms with Crippen LogP contribution in [-0.4, -0.2) is 12.1 Å². The van der Waals surface area contributed by atoms with E-state index in [1.54, 1.807) is 6.20 Å². The Morgan fingerprint density at radius 3 is 2.80 bits per heavy atom. The van der Waals surface area contributed by atoms with Gasteiger partial charge in [0.05, 0.1) is 18.6 Å². The molecule has 0 aromatic carbocycles. The van der Waals surface area contributed by atoms with Gasteiger partial charge < -0.3 is 9.15 Å². The van der Waals surface area contributed by atoms with Gasteiger partial charge in [0.25, 0.3) is 0 Å². The van der Waals surface area contributed by atoms with E-state index in [1.807, 2.05) is 13.8 Å². The first-order valence-electron chi connectivity index (χ1n) is 4.57. The van der Waals surface area contributed by atoms with Gasteiger partial charge in [-0.2, -0.15) is 0 Å². The van der Waals surface area contributed by atoms with Gasteiger partial charge in [-0.1, -0.05) is 0 Å². The number of aryl methyl sites for hydroxylation is 2. The second kappa shape index (κ2) is 3.38. The average Bonchev–Trinajstić information content (AvgIpc) is 2.22. The van der Waals surface area contributed by atoms with Crippen LogP contribution in [0.1, 0.15) is 11.1 Å². The number of pyridine rings is 1. The molecule has 0 unspecified atom stereocenters. The third kappa shape index (κ3) is 1.48. The van der Waals surface area contributed by atoms with Crippen LogP contribution in [0.4, 0.5) is 0 Å². The molecule has 0 N–H and O–H groups in total. The molecule has 0 atom stereocenters. The SMILES string of the molecule is COc1cc(=O)oc2ncc(C)c(C)c12. The van der Waals surface area contributed by atoms with Crippen molar-refractivity contribution in [2.24, 2.45) is 0 Å². The molecule has 15 heavy (non-hydrogen) atoms. The first-order chi connectivity index (χ1) is 7.13. The summed E-state index contributed by atoms with van der Waals surface area (Å²) in [5, 5.41) is 0.761. The molecule has 0 aliphatic rings. The number of methoxy groups -OCH3 is 1. The number of fused-ring (bicyclic) bond motifs is 1. The zero-order valence-corrected chi connectivity index (χ0v) is 8.83. The molecule has 4 heteroatoms. The highest BCUT2D eigenvalue weighted by Crippen LogP contribution is 2.26. The Balaban J connectivity index is 2.98. The first-order valence-corrected chi connectivity index (χ1v) is 4.57. The summed E-state index contributed by atoms with van der Waals surface area (Å²) in [7, 11) is 1.52. The summed E-state index contributed by atoms with van der Waals surface area (Å²) >= 11 is 0. The molecular weight excluding hydrogens is 194 g/mol. The van der Waals surface area contributed by atoms with E-state index in [-0.39, 0.29) is 0 Å². The minimum Gasteiger partial charge on any atom is -0.496 e. The standard InChI is InChI=1S/C11H11NO3/c1-6-5-12-11-10(7(6)2)8(14-3)4-9(13)15-11/h4-5H,1-3H3. The van der Waals surface area contributed by atoms with Crippen molar-refractivity contribution in [3.8, 4) is 5.75 Å². The molecule has 2 aromatic rings. The van der Waals surface area contributed by atoms with Gasteiger partial charge in [0.1, 0.15) is 5.75 Å². The summed E-state index contributed by atoms with van der Waals surface area (Å²) in [5.41, 5.74) is 1.92. The Morgan fingerprint density at radius 1 is 1.40 bits per heavy atom. The Hall–Kier alpha value is -1.84. The molecule has 0 radical (unpaired) electrons. The Labute approximate surface area is 86.5 Å². The molecule has 78 valence electrons. The molecule has 0 saturated heterocycles. The number of hydrogen-bond donors (Lipinski definition) is 0. The smallest absolute Gasteiger partial charge is 0.341 e. The normalized spacial score (nSPS) is 10.6. The van der Waals surface area contributed by atoms with Gasteiger partial charge in [-0.25, -0.2) is 9.78 Å². The Morgan fingerprint density at radius 2 is 2.13 bits per heavy atom. The zero-order chi connectivity index (χ0) is 11.0. The number of rotatable bonds is 1. The number of hydrogen-bond acceptors (Lipinski definition) is 4. The van der Waals surface area contributed by atoms with Crippen LogP contribution in [0.15, 0.2) is 21.5 Å². The van der Waals surface area contributed by atoms with Crippen LogP contribution in [0, 0.1) is 13.8 Å². The third-order valence-electron chi connectivity index (χ3n) is 2.47. The van der Waals surface area contributed by atoms with E-state index in [0.717, 1.165) is 16.5 Å². The van der Waals surface area contributed by atoms with Gasteiger partial charge in [0.15, 0.2) is 0 Å². The second-order valence-electron chi connectivity index (χ2n) is 3.38. The molecule has 0 saturated carbocycles. The predicted octanol–water partition coefficient (Wildman–Crippen LogP) is 1.81. The maximum atomic E-state index is 11.2. The van der Waals surface area contributed by atoms with Crippen molar-refractivity contribution in [1.82, 2.24) is 4.98 Å². The van der Waals surface area contributed by atoms with Crippen molar-refractivity contribution in [3.05, 3.63) is 33.8 Å². The molecule has 2 rings (SSSR count). The van der Waals surface area contributed by atoms with Crippen molar-refractivity contribution >= 4 is 11.1 Å². The number of aromatic nitrogens is 1. The summed E-state index contributed by atoms with van der Waals surface area (Å²) in [6.45, 7) is 3.90. The fourth-order valence-electron chi connectivity index (χ4n) is 1.51. The van der Waals surface area contributed by atoms with Crippen LogP contribution in [-0.2, 0) is 0 Å². The lowest BCUT2D eigenvalue weighted by Crippen LogP contribution is -2.01. The van der Waals surface area contributed by atoms with Gasteiger partial charge in [0.2, 0.25) is 5.71 Å². The van der Waals surface area contributed by atoms with E-state index >= 15 is 0 Å². The number of ether oxygens (including phenoxy) is 1. The first kappa shape index (κ1) is 9.71. The van der Waals surface area contributed by atoms with Gasteiger partial charge in [0, 0.05) is 6.20 Å². The van der Waals surface area contributed by atoms with Crippen molar-refractivity contribution in [3.63, 3.8) is 0 Å². The number of nitrogens with zero attached hydrogens (tertiary/aromatic N) is 1. The third-order valence-corrected chi connectivity index (χ3v) is 2.47. The van der Waals surface area contributed by atoms with Crippen molar-refractivity contribution in [2.75, 3.05) is 7.11 Å². The van der Waals surface area contributed by atoms with E-state index < -0.39 is 5.63 Å². The van der Waals surface area contributed by atoms with Crippen molar-refractivity contribution in [1.29, 1.82) is 0 Å². The molecule has 0 fully saturated rings. The molecular formula is C11H11NO3. The van der Waals surface area contributed by atoms with Gasteiger partial charge in [-0.3, -0.25) is 0 Å². The molecule has 0 aliphatic carbocycles. The van der Waals surface area contributed by atoms with Gasteiger partial charge in [-0.05, 0) is 25.0 Å². The van der Waals surface area contributed by atoms with E-state index in [9.17, 15) is 4.79 Å². The predicted molar refractivity (Wildman–Crippen MR) is 56.3 cm³/mol. The van der Waals surface area contributed by atoms with E-state index in [0.29, 0.717) is 11.5 Å².